The lowest BCUT2D eigenvalue weighted by atomic mass is 10.1. The normalized spacial score (nSPS) is 11.0. The number of halogens is 1. The van der Waals surface area contributed by atoms with E-state index in [4.69, 9.17) is 25.8 Å². The first-order valence-corrected chi connectivity index (χ1v) is 8.42. The summed E-state index contributed by atoms with van der Waals surface area (Å²) in [7, 11) is 3.14. The molecular formula is C19H21ClN2O4. The molecule has 0 atom stereocenters. The zero-order valence-corrected chi connectivity index (χ0v) is 15.7. The van der Waals surface area contributed by atoms with Crippen LogP contribution >= 0.6 is 11.6 Å². The van der Waals surface area contributed by atoms with Gasteiger partial charge in [0.2, 0.25) is 0 Å². The van der Waals surface area contributed by atoms with Crippen molar-refractivity contribution in [3.8, 4) is 17.2 Å². The van der Waals surface area contributed by atoms with Crippen LogP contribution in [0.5, 0.6) is 17.2 Å². The highest BCUT2D eigenvalue weighted by Gasteiger charge is 2.10. The minimum atomic E-state index is -0.378. The smallest absolute Gasteiger partial charge is 0.277 e. The third kappa shape index (κ3) is 5.13. The first kappa shape index (κ1) is 19.6. The standard InChI is InChI=1S/C19H21ClN2O4/c1-4-15(13-9-10-17(24-2)18(11-13)25-3)21-22-19(23)12-26-16-8-6-5-7-14(16)20/h5-11H,4,12H2,1-3H3,(H,22,23)/b21-15+. The molecule has 0 saturated heterocycles. The first-order chi connectivity index (χ1) is 12.6. The minimum absolute atomic E-state index is 0.184. The molecule has 0 fully saturated rings. The maximum atomic E-state index is 12.0. The molecule has 0 aliphatic rings. The Morgan fingerprint density at radius 2 is 1.81 bits per heavy atom. The highest BCUT2D eigenvalue weighted by Crippen LogP contribution is 2.28. The van der Waals surface area contributed by atoms with Gasteiger partial charge >= 0.3 is 0 Å². The lowest BCUT2D eigenvalue weighted by Gasteiger charge is -2.11. The topological polar surface area (TPSA) is 69.2 Å². The molecule has 2 rings (SSSR count). The Labute approximate surface area is 157 Å². The summed E-state index contributed by atoms with van der Waals surface area (Å²) in [5.74, 6) is 1.30. The second-order valence-electron chi connectivity index (χ2n) is 5.24. The molecule has 0 bridgehead atoms. The van der Waals surface area contributed by atoms with Crippen LogP contribution in [-0.4, -0.2) is 32.4 Å². The molecule has 6 nitrogen and oxygen atoms in total. The molecule has 2 aromatic carbocycles. The Balaban J connectivity index is 2.02. The number of carbonyl (C=O) groups excluding carboxylic acids is 1. The van der Waals surface area contributed by atoms with Gasteiger partial charge in [-0.15, -0.1) is 0 Å². The van der Waals surface area contributed by atoms with Crippen LogP contribution in [0.15, 0.2) is 47.6 Å². The van der Waals surface area contributed by atoms with E-state index in [2.05, 4.69) is 10.5 Å². The van der Waals surface area contributed by atoms with Gasteiger partial charge in [-0.3, -0.25) is 4.79 Å². The molecule has 0 aliphatic heterocycles. The average molecular weight is 377 g/mol. The summed E-state index contributed by atoms with van der Waals surface area (Å²) >= 11 is 5.98. The van der Waals surface area contributed by atoms with E-state index < -0.39 is 0 Å². The van der Waals surface area contributed by atoms with Crippen LogP contribution < -0.4 is 19.6 Å². The highest BCUT2D eigenvalue weighted by molar-refractivity contribution is 6.32. The molecule has 1 N–H and O–H groups in total. The van der Waals surface area contributed by atoms with Crippen molar-refractivity contribution in [3.05, 3.63) is 53.1 Å². The van der Waals surface area contributed by atoms with Gasteiger partial charge in [0, 0.05) is 5.56 Å². The number of hydrogen-bond donors (Lipinski definition) is 1. The van der Waals surface area contributed by atoms with Crippen molar-refractivity contribution in [1.82, 2.24) is 5.43 Å². The summed E-state index contributed by atoms with van der Waals surface area (Å²) in [6.07, 6.45) is 0.626. The number of nitrogens with zero attached hydrogens (tertiary/aromatic N) is 1. The molecule has 7 heteroatoms. The number of para-hydroxylation sites is 1. The third-order valence-electron chi connectivity index (χ3n) is 3.56. The number of benzene rings is 2. The Hall–Kier alpha value is -2.73. The van der Waals surface area contributed by atoms with E-state index in [1.807, 2.05) is 19.1 Å². The Bertz CT molecular complexity index is 793. The highest BCUT2D eigenvalue weighted by atomic mass is 35.5. The van der Waals surface area contributed by atoms with Crippen molar-refractivity contribution >= 4 is 23.2 Å². The Morgan fingerprint density at radius 1 is 1.08 bits per heavy atom. The number of hydrazone groups is 1. The second kappa shape index (κ2) is 9.68. The fraction of sp³-hybridized carbons (Fsp3) is 0.263. The first-order valence-electron chi connectivity index (χ1n) is 8.04. The molecule has 0 radical (unpaired) electrons. The summed E-state index contributed by atoms with van der Waals surface area (Å²) in [6.45, 7) is 1.76. The predicted octanol–water partition coefficient (Wildman–Crippen LogP) is 3.67. The van der Waals surface area contributed by atoms with E-state index in [0.717, 1.165) is 5.56 Å². The lowest BCUT2D eigenvalue weighted by Crippen LogP contribution is -2.26. The Morgan fingerprint density at radius 3 is 2.46 bits per heavy atom. The van der Waals surface area contributed by atoms with Crippen molar-refractivity contribution < 1.29 is 19.0 Å². The number of carbonyl (C=O) groups is 1. The SMILES string of the molecule is CC/C(=N\NC(=O)COc1ccccc1Cl)c1ccc(OC)c(OC)c1. The van der Waals surface area contributed by atoms with Gasteiger partial charge in [0.05, 0.1) is 25.0 Å². The van der Waals surface area contributed by atoms with Crippen LogP contribution in [0.4, 0.5) is 0 Å². The molecular weight excluding hydrogens is 356 g/mol. The molecule has 0 aliphatic carbocycles. The molecule has 1 amide bonds. The van der Waals surface area contributed by atoms with Crippen LogP contribution in [0.25, 0.3) is 0 Å². The van der Waals surface area contributed by atoms with E-state index in [1.165, 1.54) is 0 Å². The number of rotatable bonds is 8. The van der Waals surface area contributed by atoms with Crippen LogP contribution in [-0.2, 0) is 4.79 Å². The van der Waals surface area contributed by atoms with Crippen molar-refractivity contribution in [2.24, 2.45) is 5.10 Å². The van der Waals surface area contributed by atoms with E-state index in [1.54, 1.807) is 44.6 Å². The van der Waals surface area contributed by atoms with Crippen LogP contribution in [0.3, 0.4) is 0 Å². The van der Waals surface area contributed by atoms with E-state index >= 15 is 0 Å². The lowest BCUT2D eigenvalue weighted by molar-refractivity contribution is -0.123. The van der Waals surface area contributed by atoms with E-state index in [0.29, 0.717) is 34.4 Å². The monoisotopic (exact) mass is 376 g/mol. The van der Waals surface area contributed by atoms with Gasteiger partial charge in [-0.1, -0.05) is 30.7 Å². The number of ether oxygens (including phenoxy) is 3. The zero-order valence-electron chi connectivity index (χ0n) is 14.9. The molecule has 2 aromatic rings. The van der Waals surface area contributed by atoms with Gasteiger partial charge in [-0.25, -0.2) is 5.43 Å². The number of nitrogens with one attached hydrogen (secondary N) is 1. The molecule has 0 saturated carbocycles. The summed E-state index contributed by atoms with van der Waals surface area (Å²) in [6, 6.07) is 12.4. The van der Waals surface area contributed by atoms with Crippen LogP contribution in [0, 0.1) is 0 Å². The van der Waals surface area contributed by atoms with Crippen molar-refractivity contribution in [2.45, 2.75) is 13.3 Å². The van der Waals surface area contributed by atoms with Crippen molar-refractivity contribution in [3.63, 3.8) is 0 Å². The van der Waals surface area contributed by atoms with Gasteiger partial charge in [-0.05, 0) is 36.8 Å². The summed E-state index contributed by atoms with van der Waals surface area (Å²) in [5, 5.41) is 4.63. The van der Waals surface area contributed by atoms with Gasteiger partial charge in [0.25, 0.3) is 5.91 Å². The van der Waals surface area contributed by atoms with Crippen molar-refractivity contribution in [1.29, 1.82) is 0 Å². The third-order valence-corrected chi connectivity index (χ3v) is 3.87. The average Bonchev–Trinajstić information content (AvgIpc) is 2.67. The predicted molar refractivity (Wildman–Crippen MR) is 101 cm³/mol. The molecule has 26 heavy (non-hydrogen) atoms. The fourth-order valence-electron chi connectivity index (χ4n) is 2.23. The van der Waals surface area contributed by atoms with Gasteiger partial charge in [0.1, 0.15) is 5.75 Å². The summed E-state index contributed by atoms with van der Waals surface area (Å²) in [5.41, 5.74) is 4.03. The van der Waals surface area contributed by atoms with E-state index in [9.17, 15) is 4.79 Å². The number of hydrogen-bond acceptors (Lipinski definition) is 5. The Kier molecular flexibility index (Phi) is 7.29. The summed E-state index contributed by atoms with van der Waals surface area (Å²) in [4.78, 5) is 12.0. The van der Waals surface area contributed by atoms with Crippen molar-refractivity contribution in [2.75, 3.05) is 20.8 Å². The zero-order chi connectivity index (χ0) is 18.9. The fourth-order valence-corrected chi connectivity index (χ4v) is 2.42. The molecule has 0 unspecified atom stereocenters. The van der Waals surface area contributed by atoms with Gasteiger partial charge < -0.3 is 14.2 Å². The maximum absolute atomic E-state index is 12.0. The van der Waals surface area contributed by atoms with E-state index in [-0.39, 0.29) is 12.5 Å². The van der Waals surface area contributed by atoms with Gasteiger partial charge in [-0.2, -0.15) is 5.10 Å². The molecule has 0 heterocycles. The minimum Gasteiger partial charge on any atom is -0.493 e. The quantitative estimate of drug-likeness (QED) is 0.563. The van der Waals surface area contributed by atoms with Crippen LogP contribution in [0.1, 0.15) is 18.9 Å². The maximum Gasteiger partial charge on any atom is 0.277 e. The largest absolute Gasteiger partial charge is 0.493 e. The molecule has 138 valence electrons. The molecule has 0 aromatic heterocycles. The van der Waals surface area contributed by atoms with Gasteiger partial charge in [0.15, 0.2) is 18.1 Å². The summed E-state index contributed by atoms with van der Waals surface area (Å²) < 4.78 is 15.9. The number of methoxy groups -OCH3 is 2. The number of amides is 1. The van der Waals surface area contributed by atoms with Crippen LogP contribution in [0.2, 0.25) is 5.02 Å². The molecule has 0 spiro atoms. The second-order valence-corrected chi connectivity index (χ2v) is 5.64.